The molecule has 0 saturated heterocycles. The van der Waals surface area contributed by atoms with Crippen LogP contribution in [0.15, 0.2) is 42.5 Å². The first-order chi connectivity index (χ1) is 9.09. The Morgan fingerprint density at radius 1 is 1.11 bits per heavy atom. The lowest BCUT2D eigenvalue weighted by molar-refractivity contribution is -0.136. The second kappa shape index (κ2) is 4.17. The number of Topliss-reactive ketones (excluding diaryl/α,β-unsaturated/α-hetero) is 1. The summed E-state index contributed by atoms with van der Waals surface area (Å²) in [5.41, 5.74) is 0.667. The van der Waals surface area contributed by atoms with Gasteiger partial charge < -0.3 is 10.2 Å². The van der Waals surface area contributed by atoms with Crippen LogP contribution < -0.4 is 0 Å². The molecule has 2 N–H and O–H groups in total. The molecular formula is C15H11ClO3. The van der Waals surface area contributed by atoms with Crippen molar-refractivity contribution >= 4 is 17.4 Å². The zero-order valence-electron chi connectivity index (χ0n) is 9.93. The summed E-state index contributed by atoms with van der Waals surface area (Å²) in [5.74, 6) is -0.652. The van der Waals surface area contributed by atoms with Crippen LogP contribution >= 0.6 is 11.6 Å². The van der Waals surface area contributed by atoms with Crippen LogP contribution in [-0.2, 0) is 10.4 Å². The number of hydrogen-bond donors (Lipinski definition) is 2. The van der Waals surface area contributed by atoms with Gasteiger partial charge in [-0.2, -0.15) is 0 Å². The van der Waals surface area contributed by atoms with Gasteiger partial charge in [-0.15, -0.1) is 0 Å². The smallest absolute Gasteiger partial charge is 0.198 e. The number of hydrogen-bond acceptors (Lipinski definition) is 3. The molecule has 0 saturated carbocycles. The molecular weight excluding hydrogens is 264 g/mol. The minimum absolute atomic E-state index is 0.431. The van der Waals surface area contributed by atoms with E-state index < -0.39 is 18.0 Å². The predicted molar refractivity (Wildman–Crippen MR) is 72.0 cm³/mol. The first kappa shape index (κ1) is 12.4. The van der Waals surface area contributed by atoms with Crippen LogP contribution in [0, 0.1) is 0 Å². The predicted octanol–water partition coefficient (Wildman–Crippen LogP) is 2.12. The highest BCUT2D eigenvalue weighted by atomic mass is 35.5. The molecule has 1 aliphatic carbocycles. The molecule has 0 fully saturated rings. The van der Waals surface area contributed by atoms with Crippen LogP contribution in [-0.4, -0.2) is 22.6 Å². The zero-order chi connectivity index (χ0) is 13.6. The van der Waals surface area contributed by atoms with E-state index in [0.29, 0.717) is 16.1 Å². The second-order valence-electron chi connectivity index (χ2n) is 4.53. The van der Waals surface area contributed by atoms with E-state index in [0.717, 1.165) is 11.1 Å². The minimum atomic E-state index is -1.81. The van der Waals surface area contributed by atoms with Crippen LogP contribution in [0.5, 0.6) is 0 Å². The summed E-state index contributed by atoms with van der Waals surface area (Å²) in [6, 6.07) is 12.2. The summed E-state index contributed by atoms with van der Waals surface area (Å²) in [5, 5.41) is 20.4. The maximum absolute atomic E-state index is 12.0. The molecule has 0 spiro atoms. The fourth-order valence-corrected chi connectivity index (χ4v) is 2.82. The summed E-state index contributed by atoms with van der Waals surface area (Å²) in [7, 11) is 0. The van der Waals surface area contributed by atoms with Crippen LogP contribution in [0.4, 0.5) is 0 Å². The Morgan fingerprint density at radius 2 is 1.79 bits per heavy atom. The SMILES string of the molecule is O=C(CO)C1(O)c2ccccc2-c2ccc(Cl)cc21. The van der Waals surface area contributed by atoms with Gasteiger partial charge in [0.05, 0.1) is 0 Å². The highest BCUT2D eigenvalue weighted by Gasteiger charge is 2.46. The number of ketones is 1. The quantitative estimate of drug-likeness (QED) is 0.882. The Hall–Kier alpha value is -1.68. The summed E-state index contributed by atoms with van der Waals surface area (Å²) >= 11 is 5.96. The molecule has 0 bridgehead atoms. The Bertz CT molecular complexity index is 681. The number of benzene rings is 2. The van der Waals surface area contributed by atoms with Gasteiger partial charge in [-0.25, -0.2) is 0 Å². The normalized spacial score (nSPS) is 19.9. The Kier molecular flexibility index (Phi) is 2.71. The van der Waals surface area contributed by atoms with Crippen LogP contribution in [0.2, 0.25) is 5.02 Å². The minimum Gasteiger partial charge on any atom is -0.388 e. The third-order valence-electron chi connectivity index (χ3n) is 3.53. The third kappa shape index (κ3) is 1.56. The molecule has 0 amide bonds. The summed E-state index contributed by atoms with van der Waals surface area (Å²) in [6.45, 7) is -0.725. The highest BCUT2D eigenvalue weighted by Crippen LogP contribution is 2.48. The van der Waals surface area contributed by atoms with E-state index in [4.69, 9.17) is 16.7 Å². The standard InChI is InChI=1S/C15H11ClO3/c16-9-5-6-11-10-3-1-2-4-12(10)15(19,13(11)7-9)14(18)8-17/h1-7,17,19H,8H2. The summed E-state index contributed by atoms with van der Waals surface area (Å²) in [4.78, 5) is 12.0. The lowest BCUT2D eigenvalue weighted by Gasteiger charge is -2.23. The van der Waals surface area contributed by atoms with Crippen molar-refractivity contribution in [3.63, 3.8) is 0 Å². The number of rotatable bonds is 2. The molecule has 3 nitrogen and oxygen atoms in total. The monoisotopic (exact) mass is 274 g/mol. The van der Waals surface area contributed by atoms with E-state index in [1.54, 1.807) is 30.3 Å². The maximum atomic E-state index is 12.0. The first-order valence-corrected chi connectivity index (χ1v) is 6.23. The van der Waals surface area contributed by atoms with Gasteiger partial charge in [0.25, 0.3) is 0 Å². The highest BCUT2D eigenvalue weighted by molar-refractivity contribution is 6.30. The van der Waals surface area contributed by atoms with Crippen molar-refractivity contribution in [2.75, 3.05) is 6.61 Å². The van der Waals surface area contributed by atoms with E-state index in [1.807, 2.05) is 12.1 Å². The molecule has 1 aliphatic rings. The Labute approximate surface area is 115 Å². The van der Waals surface area contributed by atoms with Crippen molar-refractivity contribution in [1.29, 1.82) is 0 Å². The number of carbonyl (C=O) groups excluding carboxylic acids is 1. The number of halogens is 1. The van der Waals surface area contributed by atoms with E-state index in [1.165, 1.54) is 0 Å². The van der Waals surface area contributed by atoms with Crippen molar-refractivity contribution in [3.05, 3.63) is 58.6 Å². The topological polar surface area (TPSA) is 57.5 Å². The lowest BCUT2D eigenvalue weighted by atomic mass is 9.87. The van der Waals surface area contributed by atoms with Crippen LogP contribution in [0.25, 0.3) is 11.1 Å². The van der Waals surface area contributed by atoms with E-state index in [-0.39, 0.29) is 0 Å². The molecule has 4 heteroatoms. The van der Waals surface area contributed by atoms with Gasteiger partial charge in [-0.05, 0) is 23.3 Å². The van der Waals surface area contributed by atoms with Gasteiger partial charge in [0, 0.05) is 16.1 Å². The number of aliphatic hydroxyl groups excluding tert-OH is 1. The fourth-order valence-electron chi connectivity index (χ4n) is 2.64. The molecule has 2 aromatic carbocycles. The molecule has 3 rings (SSSR count). The maximum Gasteiger partial charge on any atom is 0.198 e. The summed E-state index contributed by atoms with van der Waals surface area (Å²) < 4.78 is 0. The van der Waals surface area contributed by atoms with E-state index >= 15 is 0 Å². The molecule has 2 aromatic rings. The van der Waals surface area contributed by atoms with Crippen LogP contribution in [0.1, 0.15) is 11.1 Å². The van der Waals surface area contributed by atoms with Gasteiger partial charge in [-0.1, -0.05) is 41.9 Å². The third-order valence-corrected chi connectivity index (χ3v) is 3.76. The van der Waals surface area contributed by atoms with Crippen molar-refractivity contribution in [3.8, 4) is 11.1 Å². The van der Waals surface area contributed by atoms with Crippen molar-refractivity contribution < 1.29 is 15.0 Å². The van der Waals surface area contributed by atoms with Gasteiger partial charge in [0.2, 0.25) is 0 Å². The second-order valence-corrected chi connectivity index (χ2v) is 4.96. The fraction of sp³-hybridized carbons (Fsp3) is 0.133. The van der Waals surface area contributed by atoms with Gasteiger partial charge in [-0.3, -0.25) is 4.79 Å². The molecule has 0 heterocycles. The molecule has 0 aliphatic heterocycles. The summed E-state index contributed by atoms with van der Waals surface area (Å²) in [6.07, 6.45) is 0. The Morgan fingerprint density at radius 3 is 2.53 bits per heavy atom. The largest absolute Gasteiger partial charge is 0.388 e. The van der Waals surface area contributed by atoms with Crippen molar-refractivity contribution in [2.24, 2.45) is 0 Å². The number of carbonyl (C=O) groups is 1. The average Bonchev–Trinajstić information content (AvgIpc) is 2.69. The zero-order valence-corrected chi connectivity index (χ0v) is 10.7. The molecule has 96 valence electrons. The van der Waals surface area contributed by atoms with Gasteiger partial charge in [0.15, 0.2) is 11.4 Å². The van der Waals surface area contributed by atoms with E-state index in [9.17, 15) is 9.90 Å². The number of aliphatic hydroxyl groups is 2. The van der Waals surface area contributed by atoms with E-state index in [2.05, 4.69) is 0 Å². The van der Waals surface area contributed by atoms with Gasteiger partial charge >= 0.3 is 0 Å². The van der Waals surface area contributed by atoms with Gasteiger partial charge in [0.1, 0.15) is 6.61 Å². The van der Waals surface area contributed by atoms with Crippen molar-refractivity contribution in [1.82, 2.24) is 0 Å². The van der Waals surface area contributed by atoms with Crippen LogP contribution in [0.3, 0.4) is 0 Å². The average molecular weight is 275 g/mol. The number of fused-ring (bicyclic) bond motifs is 3. The molecule has 0 aromatic heterocycles. The molecule has 1 atom stereocenters. The Balaban J connectivity index is 2.38. The first-order valence-electron chi connectivity index (χ1n) is 5.85. The molecule has 0 radical (unpaired) electrons. The lowest BCUT2D eigenvalue weighted by Crippen LogP contribution is -2.37. The molecule has 1 unspecified atom stereocenters. The van der Waals surface area contributed by atoms with Crippen molar-refractivity contribution in [2.45, 2.75) is 5.60 Å². The molecule has 19 heavy (non-hydrogen) atoms.